The maximum absolute atomic E-state index is 11.7. The van der Waals surface area contributed by atoms with Crippen molar-refractivity contribution in [3.05, 3.63) is 39.1 Å². The molecule has 1 heterocycles. The summed E-state index contributed by atoms with van der Waals surface area (Å²) in [5.41, 5.74) is 2.28. The van der Waals surface area contributed by atoms with Crippen molar-refractivity contribution in [2.24, 2.45) is 0 Å². The molecule has 19 heavy (non-hydrogen) atoms. The van der Waals surface area contributed by atoms with Gasteiger partial charge in [-0.2, -0.15) is 0 Å². The number of carbonyl (C=O) groups is 1. The van der Waals surface area contributed by atoms with E-state index < -0.39 is 10.9 Å². The lowest BCUT2D eigenvalue weighted by Crippen LogP contribution is -2.04. The van der Waals surface area contributed by atoms with Crippen molar-refractivity contribution in [3.63, 3.8) is 0 Å². The number of nitro groups is 1. The molecule has 0 atom stereocenters. The maximum atomic E-state index is 11.7. The number of hydrogen-bond acceptors (Lipinski definition) is 4. The number of nitro benzene ring substituents is 1. The molecule has 0 aliphatic heterocycles. The van der Waals surface area contributed by atoms with Crippen LogP contribution in [0.4, 0.5) is 5.69 Å². The van der Waals surface area contributed by atoms with Crippen molar-refractivity contribution in [1.29, 1.82) is 0 Å². The van der Waals surface area contributed by atoms with Crippen LogP contribution in [0.25, 0.3) is 10.9 Å². The number of nitrogens with one attached hydrogen (secondary N) is 1. The highest BCUT2D eigenvalue weighted by molar-refractivity contribution is 5.99. The van der Waals surface area contributed by atoms with E-state index in [1.54, 1.807) is 19.9 Å². The van der Waals surface area contributed by atoms with E-state index in [0.717, 1.165) is 11.1 Å². The number of aryl methyl sites for hydroxylation is 2. The quantitative estimate of drug-likeness (QED) is 0.523. The Kier molecular flexibility index (Phi) is 3.25. The predicted octanol–water partition coefficient (Wildman–Crippen LogP) is 2.87. The van der Waals surface area contributed by atoms with E-state index in [0.29, 0.717) is 10.9 Å². The molecule has 0 saturated heterocycles. The average molecular weight is 262 g/mol. The van der Waals surface area contributed by atoms with E-state index in [1.165, 1.54) is 6.07 Å². The third-order valence-corrected chi connectivity index (χ3v) is 3.11. The van der Waals surface area contributed by atoms with Crippen LogP contribution in [0, 0.1) is 24.0 Å². The molecular formula is C13H14N2O4. The number of fused-ring (bicyclic) bond motifs is 1. The SMILES string of the molecule is CCOC(=O)c1cc2c(C)c(C)cc([N+](=O)[O-])c2[nH]1. The second-order valence-electron chi connectivity index (χ2n) is 4.29. The summed E-state index contributed by atoms with van der Waals surface area (Å²) in [6.07, 6.45) is 0. The fourth-order valence-corrected chi connectivity index (χ4v) is 2.01. The van der Waals surface area contributed by atoms with Gasteiger partial charge >= 0.3 is 5.97 Å². The van der Waals surface area contributed by atoms with Gasteiger partial charge in [0.1, 0.15) is 11.2 Å². The van der Waals surface area contributed by atoms with Crippen molar-refractivity contribution >= 4 is 22.6 Å². The second-order valence-corrected chi connectivity index (χ2v) is 4.29. The highest BCUT2D eigenvalue weighted by Gasteiger charge is 2.20. The van der Waals surface area contributed by atoms with E-state index in [4.69, 9.17) is 4.74 Å². The first-order valence-electron chi connectivity index (χ1n) is 5.90. The first-order chi connectivity index (χ1) is 8.95. The Labute approximate surface area is 109 Å². The molecule has 2 aromatic rings. The van der Waals surface area contributed by atoms with Gasteiger partial charge in [-0.15, -0.1) is 0 Å². The van der Waals surface area contributed by atoms with E-state index >= 15 is 0 Å². The van der Waals surface area contributed by atoms with Crippen molar-refractivity contribution in [2.75, 3.05) is 6.61 Å². The van der Waals surface area contributed by atoms with Gasteiger partial charge in [-0.25, -0.2) is 4.79 Å². The molecule has 1 aromatic carbocycles. The summed E-state index contributed by atoms with van der Waals surface area (Å²) in [5.74, 6) is -0.509. The zero-order valence-electron chi connectivity index (χ0n) is 10.9. The lowest BCUT2D eigenvalue weighted by atomic mass is 10.0. The molecule has 1 N–H and O–H groups in total. The molecule has 0 fully saturated rings. The molecule has 6 heteroatoms. The molecule has 2 rings (SSSR count). The van der Waals surface area contributed by atoms with Gasteiger partial charge in [0, 0.05) is 11.5 Å². The molecule has 0 unspecified atom stereocenters. The average Bonchev–Trinajstić information content (AvgIpc) is 2.79. The lowest BCUT2D eigenvalue weighted by molar-refractivity contribution is -0.383. The van der Waals surface area contributed by atoms with Crippen LogP contribution < -0.4 is 0 Å². The van der Waals surface area contributed by atoms with Crippen LogP contribution >= 0.6 is 0 Å². The fraction of sp³-hybridized carbons (Fsp3) is 0.308. The van der Waals surface area contributed by atoms with Gasteiger partial charge in [-0.1, -0.05) is 0 Å². The molecule has 0 aliphatic rings. The Bertz CT molecular complexity index is 673. The number of hydrogen-bond donors (Lipinski definition) is 1. The number of H-pyrrole nitrogens is 1. The summed E-state index contributed by atoms with van der Waals surface area (Å²) in [6, 6.07) is 3.10. The van der Waals surface area contributed by atoms with Gasteiger partial charge in [0.2, 0.25) is 0 Å². The monoisotopic (exact) mass is 262 g/mol. The lowest BCUT2D eigenvalue weighted by Gasteiger charge is -2.02. The highest BCUT2D eigenvalue weighted by atomic mass is 16.6. The van der Waals surface area contributed by atoms with Crippen molar-refractivity contribution in [3.8, 4) is 0 Å². The van der Waals surface area contributed by atoms with Crippen LogP contribution in [-0.2, 0) is 4.74 Å². The van der Waals surface area contributed by atoms with Gasteiger partial charge in [0.25, 0.3) is 5.69 Å². The first-order valence-corrected chi connectivity index (χ1v) is 5.90. The fourth-order valence-electron chi connectivity index (χ4n) is 2.01. The van der Waals surface area contributed by atoms with Crippen LogP contribution in [0.5, 0.6) is 0 Å². The Morgan fingerprint density at radius 1 is 1.42 bits per heavy atom. The van der Waals surface area contributed by atoms with Crippen molar-refractivity contribution in [1.82, 2.24) is 4.98 Å². The summed E-state index contributed by atoms with van der Waals surface area (Å²) < 4.78 is 4.89. The van der Waals surface area contributed by atoms with E-state index in [9.17, 15) is 14.9 Å². The number of esters is 1. The largest absolute Gasteiger partial charge is 0.461 e. The van der Waals surface area contributed by atoms with E-state index in [-0.39, 0.29) is 18.0 Å². The Morgan fingerprint density at radius 2 is 2.11 bits per heavy atom. The topological polar surface area (TPSA) is 85.2 Å². The zero-order chi connectivity index (χ0) is 14.2. The molecule has 0 radical (unpaired) electrons. The molecule has 1 aromatic heterocycles. The van der Waals surface area contributed by atoms with Gasteiger partial charge in [0.15, 0.2) is 0 Å². The normalized spacial score (nSPS) is 10.7. The summed E-state index contributed by atoms with van der Waals surface area (Å²) >= 11 is 0. The minimum absolute atomic E-state index is 0.0337. The Morgan fingerprint density at radius 3 is 2.68 bits per heavy atom. The number of rotatable bonds is 3. The Balaban J connectivity index is 2.70. The summed E-state index contributed by atoms with van der Waals surface area (Å²) in [4.78, 5) is 25.0. The number of aromatic nitrogens is 1. The van der Waals surface area contributed by atoms with E-state index in [2.05, 4.69) is 4.98 Å². The Hall–Kier alpha value is -2.37. The first kappa shape index (κ1) is 13.1. The molecule has 100 valence electrons. The standard InChI is InChI=1S/C13H14N2O4/c1-4-19-13(16)10-6-9-8(3)7(2)5-11(15(17)18)12(9)14-10/h5-6,14H,4H2,1-3H3. The van der Waals surface area contributed by atoms with Gasteiger partial charge in [-0.3, -0.25) is 10.1 Å². The van der Waals surface area contributed by atoms with Gasteiger partial charge < -0.3 is 9.72 Å². The molecule has 0 saturated carbocycles. The maximum Gasteiger partial charge on any atom is 0.354 e. The summed E-state index contributed by atoms with van der Waals surface area (Å²) in [7, 11) is 0. The number of carbonyl (C=O) groups excluding carboxylic acids is 1. The second kappa shape index (κ2) is 4.72. The molecule has 6 nitrogen and oxygen atoms in total. The smallest absolute Gasteiger partial charge is 0.354 e. The molecule has 0 bridgehead atoms. The van der Waals surface area contributed by atoms with E-state index in [1.807, 2.05) is 6.92 Å². The number of aromatic amines is 1. The molecule has 0 amide bonds. The third-order valence-electron chi connectivity index (χ3n) is 3.11. The van der Waals surface area contributed by atoms with Crippen LogP contribution in [0.1, 0.15) is 28.5 Å². The molecule has 0 aliphatic carbocycles. The van der Waals surface area contributed by atoms with Gasteiger partial charge in [0.05, 0.1) is 11.5 Å². The van der Waals surface area contributed by atoms with Crippen LogP contribution in [0.2, 0.25) is 0 Å². The number of nitrogens with zero attached hydrogens (tertiary/aromatic N) is 1. The summed E-state index contributed by atoms with van der Waals surface area (Å²) in [6.45, 7) is 5.63. The highest BCUT2D eigenvalue weighted by Crippen LogP contribution is 2.31. The van der Waals surface area contributed by atoms with Crippen molar-refractivity contribution in [2.45, 2.75) is 20.8 Å². The van der Waals surface area contributed by atoms with Crippen LogP contribution in [0.3, 0.4) is 0 Å². The number of non-ortho nitro benzene ring substituents is 1. The third kappa shape index (κ3) is 2.16. The molecule has 0 spiro atoms. The van der Waals surface area contributed by atoms with Crippen molar-refractivity contribution < 1.29 is 14.5 Å². The number of ether oxygens (including phenoxy) is 1. The number of benzene rings is 1. The minimum atomic E-state index is -0.509. The molecular weight excluding hydrogens is 248 g/mol. The van der Waals surface area contributed by atoms with Gasteiger partial charge in [-0.05, 0) is 38.0 Å². The zero-order valence-corrected chi connectivity index (χ0v) is 10.9. The minimum Gasteiger partial charge on any atom is -0.461 e. The van der Waals surface area contributed by atoms with Crippen LogP contribution in [-0.4, -0.2) is 22.5 Å². The summed E-state index contributed by atoms with van der Waals surface area (Å²) in [5, 5.41) is 11.7. The van der Waals surface area contributed by atoms with Crippen LogP contribution in [0.15, 0.2) is 12.1 Å². The predicted molar refractivity (Wildman–Crippen MR) is 70.4 cm³/mol.